The lowest BCUT2D eigenvalue weighted by Crippen LogP contribution is -1.93. The lowest BCUT2D eigenvalue weighted by atomic mass is 9.84. The molecule has 0 aliphatic carbocycles. The van der Waals surface area contributed by atoms with Crippen LogP contribution in [0.15, 0.2) is 132 Å². The Labute approximate surface area is 256 Å². The fourth-order valence-corrected chi connectivity index (χ4v) is 6.55. The molecule has 6 aromatic carbocycles. The monoisotopic (exact) mass is 581 g/mol. The van der Waals surface area contributed by atoms with Gasteiger partial charge in [-0.25, -0.2) is 4.98 Å². The second-order valence-corrected chi connectivity index (χ2v) is 11.1. The smallest absolute Gasteiger partial charge is 0.227 e. The number of fused-ring (bicyclic) bond motifs is 5. The predicted octanol–water partition coefficient (Wildman–Crippen LogP) is 9.64. The molecule has 0 fully saturated rings. The van der Waals surface area contributed by atoms with Gasteiger partial charge in [0.05, 0.1) is 0 Å². The Morgan fingerprint density at radius 3 is 1.73 bits per heavy atom. The number of pyridine rings is 2. The third kappa shape index (κ3) is 3.79. The third-order valence-electron chi connectivity index (χ3n) is 8.60. The summed E-state index contributed by atoms with van der Waals surface area (Å²) >= 11 is 0. The number of hydrogen-bond donors (Lipinski definition) is 2. The van der Waals surface area contributed by atoms with E-state index in [-0.39, 0.29) is 11.5 Å². The first-order valence-corrected chi connectivity index (χ1v) is 14.6. The molecule has 0 saturated heterocycles. The highest BCUT2D eigenvalue weighted by Gasteiger charge is 2.23. The quantitative estimate of drug-likeness (QED) is 0.202. The van der Waals surface area contributed by atoms with Gasteiger partial charge in [-0.1, -0.05) is 66.7 Å². The summed E-state index contributed by atoms with van der Waals surface area (Å²) in [5, 5.41) is 28.7. The van der Waals surface area contributed by atoms with Crippen molar-refractivity contribution in [2.45, 2.75) is 0 Å². The number of aromatic hydroxyl groups is 2. The standard InChI is InChI=1S/C39H23N3O3/c43-37-28(17-13-22-7-5-19-40-35(22)37)33-25-9-1-2-10-26(25)34(29-18-14-23-8-6-20-41-36(23)38(29)44)30-21-24(15-16-27(30)33)39-42-31-11-3-4-12-32(31)45-39/h1-21,43-44H. The van der Waals surface area contributed by atoms with E-state index in [1.807, 2.05) is 97.1 Å². The number of aromatic nitrogens is 3. The van der Waals surface area contributed by atoms with E-state index in [2.05, 4.69) is 28.2 Å². The van der Waals surface area contributed by atoms with Gasteiger partial charge < -0.3 is 14.6 Å². The van der Waals surface area contributed by atoms with Crippen molar-refractivity contribution in [1.82, 2.24) is 15.0 Å². The number of para-hydroxylation sites is 2. The molecule has 0 amide bonds. The molecule has 0 aliphatic heterocycles. The highest BCUT2D eigenvalue weighted by molar-refractivity contribution is 6.23. The summed E-state index contributed by atoms with van der Waals surface area (Å²) in [4.78, 5) is 13.8. The molecule has 0 atom stereocenters. The van der Waals surface area contributed by atoms with Crippen LogP contribution in [0.4, 0.5) is 0 Å². The Kier molecular flexibility index (Phi) is 5.40. The van der Waals surface area contributed by atoms with Crippen LogP contribution in [0.1, 0.15) is 0 Å². The largest absolute Gasteiger partial charge is 0.505 e. The molecule has 0 aliphatic rings. The van der Waals surface area contributed by atoms with Crippen LogP contribution in [-0.4, -0.2) is 25.2 Å². The molecule has 6 heteroatoms. The number of hydrogen-bond acceptors (Lipinski definition) is 6. The summed E-state index contributed by atoms with van der Waals surface area (Å²) in [5.74, 6) is 0.728. The van der Waals surface area contributed by atoms with E-state index in [9.17, 15) is 10.2 Å². The van der Waals surface area contributed by atoms with Crippen LogP contribution in [-0.2, 0) is 0 Å². The minimum absolute atomic E-state index is 0.109. The Bertz CT molecular complexity index is 2610. The summed E-state index contributed by atoms with van der Waals surface area (Å²) in [6, 6.07) is 37.3. The van der Waals surface area contributed by atoms with E-state index < -0.39 is 0 Å². The number of benzene rings is 6. The highest BCUT2D eigenvalue weighted by Crippen LogP contribution is 2.49. The summed E-state index contributed by atoms with van der Waals surface area (Å²) in [6.45, 7) is 0. The van der Waals surface area contributed by atoms with E-state index in [0.29, 0.717) is 33.6 Å². The van der Waals surface area contributed by atoms with Crippen LogP contribution in [0.3, 0.4) is 0 Å². The van der Waals surface area contributed by atoms with Crippen molar-refractivity contribution < 1.29 is 14.6 Å². The minimum Gasteiger partial charge on any atom is -0.505 e. The van der Waals surface area contributed by atoms with Crippen LogP contribution >= 0.6 is 0 Å². The molecule has 3 aromatic heterocycles. The van der Waals surface area contributed by atoms with Crippen molar-refractivity contribution in [3.8, 4) is 45.2 Å². The normalized spacial score (nSPS) is 11.7. The molecule has 9 aromatic rings. The molecule has 9 rings (SSSR count). The number of nitrogens with zero attached hydrogens (tertiary/aromatic N) is 3. The first kappa shape index (κ1) is 25.2. The number of phenols is 2. The van der Waals surface area contributed by atoms with E-state index in [0.717, 1.165) is 54.5 Å². The van der Waals surface area contributed by atoms with Crippen LogP contribution in [0, 0.1) is 0 Å². The predicted molar refractivity (Wildman–Crippen MR) is 179 cm³/mol. The van der Waals surface area contributed by atoms with Gasteiger partial charge in [0.1, 0.15) is 28.0 Å². The van der Waals surface area contributed by atoms with Gasteiger partial charge >= 0.3 is 0 Å². The molecule has 212 valence electrons. The second kappa shape index (κ2) is 9.62. The van der Waals surface area contributed by atoms with Crippen LogP contribution in [0.25, 0.3) is 88.2 Å². The molecular formula is C39H23N3O3. The first-order valence-electron chi connectivity index (χ1n) is 14.6. The summed E-state index contributed by atoms with van der Waals surface area (Å²) in [5.41, 5.74) is 6.41. The van der Waals surface area contributed by atoms with E-state index >= 15 is 0 Å². The minimum atomic E-state index is 0.109. The van der Waals surface area contributed by atoms with Gasteiger partial charge in [0.2, 0.25) is 5.89 Å². The van der Waals surface area contributed by atoms with Gasteiger partial charge in [0.25, 0.3) is 0 Å². The van der Waals surface area contributed by atoms with E-state index in [4.69, 9.17) is 9.40 Å². The zero-order valence-corrected chi connectivity index (χ0v) is 23.8. The number of oxazole rings is 1. The second-order valence-electron chi connectivity index (χ2n) is 11.1. The van der Waals surface area contributed by atoms with E-state index in [1.165, 1.54) is 0 Å². The van der Waals surface area contributed by atoms with Crippen molar-refractivity contribution in [3.05, 3.63) is 128 Å². The van der Waals surface area contributed by atoms with Gasteiger partial charge in [0.15, 0.2) is 5.58 Å². The van der Waals surface area contributed by atoms with Crippen molar-refractivity contribution >= 4 is 54.5 Å². The molecular weight excluding hydrogens is 558 g/mol. The number of rotatable bonds is 3. The Hall–Kier alpha value is -6.27. The summed E-state index contributed by atoms with van der Waals surface area (Å²) < 4.78 is 6.18. The highest BCUT2D eigenvalue weighted by atomic mass is 16.3. The Morgan fingerprint density at radius 1 is 0.511 bits per heavy atom. The maximum atomic E-state index is 11.7. The average molecular weight is 582 g/mol. The van der Waals surface area contributed by atoms with Gasteiger partial charge in [-0.05, 0) is 70.1 Å². The van der Waals surface area contributed by atoms with Gasteiger partial charge in [-0.15, -0.1) is 0 Å². The zero-order valence-electron chi connectivity index (χ0n) is 23.8. The topological polar surface area (TPSA) is 92.3 Å². The Morgan fingerprint density at radius 2 is 1.09 bits per heavy atom. The Balaban J connectivity index is 1.44. The average Bonchev–Trinajstić information content (AvgIpc) is 3.53. The molecule has 45 heavy (non-hydrogen) atoms. The van der Waals surface area contributed by atoms with E-state index in [1.54, 1.807) is 12.4 Å². The van der Waals surface area contributed by atoms with Crippen molar-refractivity contribution in [1.29, 1.82) is 0 Å². The molecule has 0 radical (unpaired) electrons. The van der Waals surface area contributed by atoms with Crippen molar-refractivity contribution in [2.75, 3.05) is 0 Å². The molecule has 0 unspecified atom stereocenters. The SMILES string of the molecule is Oc1c(-c2c3ccccc3c(-c3ccc4cccnc4c3O)c3cc(-c4nc5ccccc5o4)ccc23)ccc2cccnc12. The van der Waals surface area contributed by atoms with Crippen LogP contribution in [0.5, 0.6) is 11.5 Å². The molecule has 3 heterocycles. The van der Waals surface area contributed by atoms with Gasteiger partial charge in [0, 0.05) is 51.0 Å². The van der Waals surface area contributed by atoms with Gasteiger partial charge in [-0.2, -0.15) is 0 Å². The lowest BCUT2D eigenvalue weighted by molar-refractivity contribution is 0.482. The van der Waals surface area contributed by atoms with Gasteiger partial charge in [-0.3, -0.25) is 9.97 Å². The van der Waals surface area contributed by atoms with Crippen molar-refractivity contribution in [2.24, 2.45) is 0 Å². The maximum absolute atomic E-state index is 11.7. The third-order valence-corrected chi connectivity index (χ3v) is 8.60. The molecule has 6 nitrogen and oxygen atoms in total. The maximum Gasteiger partial charge on any atom is 0.227 e. The molecule has 0 saturated carbocycles. The number of phenolic OH excluding ortho intramolecular Hbond substituents is 2. The molecule has 0 spiro atoms. The molecule has 0 bridgehead atoms. The first-order chi connectivity index (χ1) is 22.2. The summed E-state index contributed by atoms with van der Waals surface area (Å²) in [6.07, 6.45) is 3.38. The lowest BCUT2D eigenvalue weighted by Gasteiger charge is -2.20. The van der Waals surface area contributed by atoms with Crippen molar-refractivity contribution in [3.63, 3.8) is 0 Å². The zero-order chi connectivity index (χ0) is 30.1. The fraction of sp³-hybridized carbons (Fsp3) is 0. The fourth-order valence-electron chi connectivity index (χ4n) is 6.55. The molecule has 2 N–H and O–H groups in total. The summed E-state index contributed by atoms with van der Waals surface area (Å²) in [7, 11) is 0. The van der Waals surface area contributed by atoms with Crippen LogP contribution < -0.4 is 0 Å². The van der Waals surface area contributed by atoms with Crippen LogP contribution in [0.2, 0.25) is 0 Å².